The molecule has 1 aliphatic rings. The van der Waals surface area contributed by atoms with Gasteiger partial charge in [0.15, 0.2) is 0 Å². The van der Waals surface area contributed by atoms with E-state index in [4.69, 9.17) is 14.2 Å². The average Bonchev–Trinajstić information content (AvgIpc) is 2.91. The van der Waals surface area contributed by atoms with E-state index in [0.717, 1.165) is 16.0 Å². The maximum Gasteiger partial charge on any atom is 0.200 e. The number of carbonyl (C=O) groups is 1. The number of rotatable bonds is 4. The molecule has 0 atom stereocenters. The molecule has 0 saturated heterocycles. The van der Waals surface area contributed by atoms with Gasteiger partial charge in [0.25, 0.3) is 0 Å². The second kappa shape index (κ2) is 6.38. The van der Waals surface area contributed by atoms with Crippen LogP contribution < -0.4 is 14.2 Å². The summed E-state index contributed by atoms with van der Waals surface area (Å²) in [6.45, 7) is 0. The molecule has 4 nitrogen and oxygen atoms in total. The molecule has 0 unspecified atom stereocenters. The third kappa shape index (κ3) is 2.80. The summed E-state index contributed by atoms with van der Waals surface area (Å²) in [6, 6.07) is 11.1. The Morgan fingerprint density at radius 2 is 1.61 bits per heavy atom. The number of Topliss-reactive ketones (excluding diaryl/α,β-unsaturated/α-hetero) is 1. The van der Waals surface area contributed by atoms with Crippen molar-refractivity contribution in [1.29, 1.82) is 0 Å². The molecule has 5 heteroatoms. The second-order valence-electron chi connectivity index (χ2n) is 4.88. The molecule has 1 aliphatic heterocycles. The summed E-state index contributed by atoms with van der Waals surface area (Å²) in [7, 11) is 4.74. The second-order valence-corrected chi connectivity index (χ2v) is 5.97. The van der Waals surface area contributed by atoms with Crippen molar-refractivity contribution in [1.82, 2.24) is 0 Å². The number of ketones is 1. The summed E-state index contributed by atoms with van der Waals surface area (Å²) in [5.74, 6) is 1.84. The maximum absolute atomic E-state index is 12.5. The van der Waals surface area contributed by atoms with E-state index >= 15 is 0 Å². The monoisotopic (exact) mass is 328 g/mol. The summed E-state index contributed by atoms with van der Waals surface area (Å²) < 4.78 is 16.1. The first-order valence-electron chi connectivity index (χ1n) is 7.01. The van der Waals surface area contributed by atoms with E-state index in [1.165, 1.54) is 11.8 Å². The third-order valence-electron chi connectivity index (χ3n) is 3.60. The first kappa shape index (κ1) is 15.5. The van der Waals surface area contributed by atoms with Crippen LogP contribution in [0.1, 0.15) is 15.9 Å². The molecule has 0 N–H and O–H groups in total. The van der Waals surface area contributed by atoms with E-state index in [1.54, 1.807) is 33.5 Å². The number of hydrogen-bond acceptors (Lipinski definition) is 5. The van der Waals surface area contributed by atoms with Gasteiger partial charge >= 0.3 is 0 Å². The molecule has 0 radical (unpaired) electrons. The molecular formula is C18H16O4S. The van der Waals surface area contributed by atoms with Gasteiger partial charge in [-0.2, -0.15) is 0 Å². The first-order chi connectivity index (χ1) is 11.2. The molecular weight excluding hydrogens is 312 g/mol. The molecule has 118 valence electrons. The van der Waals surface area contributed by atoms with Gasteiger partial charge in [0.2, 0.25) is 5.78 Å². The van der Waals surface area contributed by atoms with Crippen LogP contribution in [0, 0.1) is 0 Å². The molecule has 0 fully saturated rings. The van der Waals surface area contributed by atoms with E-state index in [2.05, 4.69) is 0 Å². The minimum absolute atomic E-state index is 0.0190. The van der Waals surface area contributed by atoms with Gasteiger partial charge in [0, 0.05) is 22.6 Å². The number of ether oxygens (including phenoxy) is 3. The molecule has 0 spiro atoms. The Morgan fingerprint density at radius 3 is 2.17 bits per heavy atom. The molecule has 2 aromatic rings. The largest absolute Gasteiger partial charge is 0.496 e. The lowest BCUT2D eigenvalue weighted by atomic mass is 10.1. The number of allylic oxidation sites excluding steroid dienone is 1. The van der Waals surface area contributed by atoms with Crippen molar-refractivity contribution in [3.63, 3.8) is 0 Å². The van der Waals surface area contributed by atoms with Gasteiger partial charge in [0.05, 0.1) is 31.8 Å². The van der Waals surface area contributed by atoms with Crippen LogP contribution in [0.2, 0.25) is 0 Å². The molecule has 0 bridgehead atoms. The molecule has 0 aliphatic carbocycles. The molecule has 0 aromatic heterocycles. The highest BCUT2D eigenvalue weighted by Gasteiger charge is 2.26. The predicted octanol–water partition coefficient (Wildman–Crippen LogP) is 4.04. The van der Waals surface area contributed by atoms with Gasteiger partial charge < -0.3 is 14.2 Å². The fraction of sp³-hybridized carbons (Fsp3) is 0.167. The van der Waals surface area contributed by atoms with Crippen LogP contribution in [0.3, 0.4) is 0 Å². The lowest BCUT2D eigenvalue weighted by molar-refractivity contribution is 0.104. The fourth-order valence-electron chi connectivity index (χ4n) is 2.44. The van der Waals surface area contributed by atoms with Crippen molar-refractivity contribution in [2.24, 2.45) is 0 Å². The van der Waals surface area contributed by atoms with Crippen molar-refractivity contribution in [2.45, 2.75) is 4.90 Å². The minimum Gasteiger partial charge on any atom is -0.496 e. The molecule has 2 aromatic carbocycles. The normalized spacial score (nSPS) is 14.7. The van der Waals surface area contributed by atoms with Gasteiger partial charge in [-0.3, -0.25) is 4.79 Å². The number of carbonyl (C=O) groups excluding carboxylic acids is 1. The number of benzene rings is 2. The van der Waals surface area contributed by atoms with Crippen molar-refractivity contribution in [3.8, 4) is 17.2 Å². The summed E-state index contributed by atoms with van der Waals surface area (Å²) >= 11 is 1.46. The predicted molar refractivity (Wildman–Crippen MR) is 90.7 cm³/mol. The summed E-state index contributed by atoms with van der Waals surface area (Å²) in [5, 5.41) is 0. The quantitative estimate of drug-likeness (QED) is 0.793. The Hall–Kier alpha value is -2.40. The topological polar surface area (TPSA) is 44.8 Å². The van der Waals surface area contributed by atoms with Crippen molar-refractivity contribution in [3.05, 3.63) is 52.4 Å². The average molecular weight is 328 g/mol. The van der Waals surface area contributed by atoms with E-state index in [0.29, 0.717) is 22.2 Å². The van der Waals surface area contributed by atoms with Crippen molar-refractivity contribution < 1.29 is 19.0 Å². The van der Waals surface area contributed by atoms with Crippen molar-refractivity contribution >= 4 is 23.6 Å². The zero-order chi connectivity index (χ0) is 16.4. The highest BCUT2D eigenvalue weighted by molar-refractivity contribution is 8.04. The Bertz CT molecular complexity index is 770. The number of hydrogen-bond donors (Lipinski definition) is 0. The van der Waals surface area contributed by atoms with Crippen molar-refractivity contribution in [2.75, 3.05) is 21.3 Å². The zero-order valence-corrected chi connectivity index (χ0v) is 13.9. The Morgan fingerprint density at radius 1 is 0.957 bits per heavy atom. The first-order valence-corrected chi connectivity index (χ1v) is 7.83. The molecule has 0 saturated carbocycles. The van der Waals surface area contributed by atoms with Gasteiger partial charge in [-0.1, -0.05) is 23.9 Å². The lowest BCUT2D eigenvalue weighted by Crippen LogP contribution is -1.97. The SMILES string of the molecule is COc1cc(OC)c(/C=C2\Sc3ccccc3C2=O)c(OC)c1. The summed E-state index contributed by atoms with van der Waals surface area (Å²) in [5.41, 5.74) is 1.45. The van der Waals surface area contributed by atoms with Crippen LogP contribution in [0.5, 0.6) is 17.2 Å². The third-order valence-corrected chi connectivity index (χ3v) is 4.70. The van der Waals surface area contributed by atoms with E-state index in [-0.39, 0.29) is 5.78 Å². The van der Waals surface area contributed by atoms with Crippen LogP contribution in [-0.2, 0) is 0 Å². The standard InChI is InChI=1S/C18H16O4S/c1-20-11-8-14(21-2)13(15(9-11)22-3)10-17-18(19)12-6-4-5-7-16(12)23-17/h4-10H,1-3H3/b17-10-. The smallest absolute Gasteiger partial charge is 0.200 e. The van der Waals surface area contributed by atoms with Gasteiger partial charge in [-0.15, -0.1) is 0 Å². The van der Waals surface area contributed by atoms with Crippen LogP contribution >= 0.6 is 11.8 Å². The molecule has 23 heavy (non-hydrogen) atoms. The molecule has 0 amide bonds. The van der Waals surface area contributed by atoms with E-state index in [9.17, 15) is 4.79 Å². The minimum atomic E-state index is 0.0190. The number of methoxy groups -OCH3 is 3. The van der Waals surface area contributed by atoms with Crippen LogP contribution in [0.4, 0.5) is 0 Å². The molecule has 3 rings (SSSR count). The Kier molecular flexibility index (Phi) is 4.30. The highest BCUT2D eigenvalue weighted by Crippen LogP contribution is 2.43. The summed E-state index contributed by atoms with van der Waals surface area (Å²) in [6.07, 6.45) is 1.81. The Labute approximate surface area is 139 Å². The number of thioether (sulfide) groups is 1. The maximum atomic E-state index is 12.5. The van der Waals surface area contributed by atoms with Gasteiger partial charge in [-0.25, -0.2) is 0 Å². The van der Waals surface area contributed by atoms with Gasteiger partial charge in [-0.05, 0) is 18.2 Å². The lowest BCUT2D eigenvalue weighted by Gasteiger charge is -2.13. The van der Waals surface area contributed by atoms with E-state index < -0.39 is 0 Å². The zero-order valence-electron chi connectivity index (χ0n) is 13.1. The fourth-order valence-corrected chi connectivity index (χ4v) is 3.48. The summed E-state index contributed by atoms with van der Waals surface area (Å²) in [4.78, 5) is 14.1. The molecule has 1 heterocycles. The Balaban J connectivity index is 2.08. The van der Waals surface area contributed by atoms with Crippen LogP contribution in [0.15, 0.2) is 46.2 Å². The number of fused-ring (bicyclic) bond motifs is 1. The highest BCUT2D eigenvalue weighted by atomic mass is 32.2. The van der Waals surface area contributed by atoms with Crippen LogP contribution in [0.25, 0.3) is 6.08 Å². The van der Waals surface area contributed by atoms with Gasteiger partial charge in [0.1, 0.15) is 17.2 Å². The van der Waals surface area contributed by atoms with Crippen LogP contribution in [-0.4, -0.2) is 27.1 Å². The van der Waals surface area contributed by atoms with E-state index in [1.807, 2.05) is 30.3 Å².